The van der Waals surface area contributed by atoms with Crippen LogP contribution in [0, 0.1) is 5.82 Å². The predicted octanol–water partition coefficient (Wildman–Crippen LogP) is 3.91. The van der Waals surface area contributed by atoms with Gasteiger partial charge in [-0.05, 0) is 55.0 Å². The molecular formula is C20H17FN2O5. The summed E-state index contributed by atoms with van der Waals surface area (Å²) < 4.78 is 28.7. The van der Waals surface area contributed by atoms with Crippen molar-refractivity contribution in [3.05, 3.63) is 65.8 Å². The lowest BCUT2D eigenvalue weighted by Gasteiger charge is -2.07. The van der Waals surface area contributed by atoms with Crippen LogP contribution in [-0.4, -0.2) is 28.4 Å². The van der Waals surface area contributed by atoms with Crippen molar-refractivity contribution in [1.29, 1.82) is 0 Å². The van der Waals surface area contributed by atoms with Gasteiger partial charge in [-0.25, -0.2) is 9.18 Å². The van der Waals surface area contributed by atoms with Crippen LogP contribution in [0.2, 0.25) is 0 Å². The van der Waals surface area contributed by atoms with Crippen LogP contribution in [0.3, 0.4) is 0 Å². The van der Waals surface area contributed by atoms with Gasteiger partial charge in [-0.1, -0.05) is 6.07 Å². The van der Waals surface area contributed by atoms with Gasteiger partial charge in [0.05, 0.1) is 7.11 Å². The SMILES string of the molecule is COc1cc(/C=C/C(=O)O[C@@H](C)c2nnc(-c3ccc(F)cc3)o2)ccc1O. The monoisotopic (exact) mass is 384 g/mol. The zero-order valence-corrected chi connectivity index (χ0v) is 15.1. The molecule has 1 aromatic heterocycles. The average Bonchev–Trinajstić information content (AvgIpc) is 3.18. The van der Waals surface area contributed by atoms with Gasteiger partial charge in [0.25, 0.3) is 5.89 Å². The number of phenolic OH excluding ortho intramolecular Hbond substituents is 1. The van der Waals surface area contributed by atoms with Crippen LogP contribution in [0.1, 0.15) is 24.5 Å². The number of hydrogen-bond donors (Lipinski definition) is 1. The number of esters is 1. The van der Waals surface area contributed by atoms with Crippen molar-refractivity contribution in [1.82, 2.24) is 10.2 Å². The summed E-state index contributed by atoms with van der Waals surface area (Å²) >= 11 is 0. The van der Waals surface area contributed by atoms with E-state index in [2.05, 4.69) is 10.2 Å². The van der Waals surface area contributed by atoms with E-state index in [-0.39, 0.29) is 23.3 Å². The van der Waals surface area contributed by atoms with Crippen LogP contribution in [-0.2, 0) is 9.53 Å². The van der Waals surface area contributed by atoms with Gasteiger partial charge in [0.15, 0.2) is 17.6 Å². The molecule has 0 amide bonds. The van der Waals surface area contributed by atoms with Crippen LogP contribution in [0.25, 0.3) is 17.5 Å². The highest BCUT2D eigenvalue weighted by Gasteiger charge is 2.18. The Kier molecular flexibility index (Phi) is 5.69. The van der Waals surface area contributed by atoms with Crippen molar-refractivity contribution in [2.45, 2.75) is 13.0 Å². The zero-order valence-electron chi connectivity index (χ0n) is 15.1. The highest BCUT2D eigenvalue weighted by Crippen LogP contribution is 2.27. The molecule has 7 nitrogen and oxygen atoms in total. The minimum absolute atomic E-state index is 0.00389. The van der Waals surface area contributed by atoms with Crippen LogP contribution in [0.15, 0.2) is 53.0 Å². The fourth-order valence-electron chi connectivity index (χ4n) is 2.33. The molecule has 0 aliphatic rings. The molecule has 0 spiro atoms. The Labute approximate surface area is 160 Å². The van der Waals surface area contributed by atoms with Crippen LogP contribution >= 0.6 is 0 Å². The number of carbonyl (C=O) groups is 1. The molecule has 1 heterocycles. The highest BCUT2D eigenvalue weighted by atomic mass is 19.1. The van der Waals surface area contributed by atoms with E-state index in [9.17, 15) is 14.3 Å². The normalized spacial score (nSPS) is 12.1. The zero-order chi connectivity index (χ0) is 20.1. The number of halogens is 1. The van der Waals surface area contributed by atoms with Crippen LogP contribution in [0.5, 0.6) is 11.5 Å². The first-order chi connectivity index (χ1) is 13.5. The molecule has 8 heteroatoms. The lowest BCUT2D eigenvalue weighted by molar-refractivity contribution is -0.143. The Bertz CT molecular complexity index is 998. The van der Waals surface area contributed by atoms with Gasteiger partial charge >= 0.3 is 5.97 Å². The third-order valence-corrected chi connectivity index (χ3v) is 3.79. The lowest BCUT2D eigenvalue weighted by atomic mass is 10.2. The number of ether oxygens (including phenoxy) is 2. The molecule has 144 valence electrons. The number of aromatic nitrogens is 2. The van der Waals surface area contributed by atoms with E-state index in [1.165, 1.54) is 49.6 Å². The Morgan fingerprint density at radius 3 is 2.68 bits per heavy atom. The molecule has 3 aromatic rings. The quantitative estimate of drug-likeness (QED) is 0.509. The fourth-order valence-corrected chi connectivity index (χ4v) is 2.33. The van der Waals surface area contributed by atoms with Crippen molar-refractivity contribution in [3.8, 4) is 23.0 Å². The maximum Gasteiger partial charge on any atom is 0.331 e. The van der Waals surface area contributed by atoms with Gasteiger partial charge in [-0.15, -0.1) is 10.2 Å². The van der Waals surface area contributed by atoms with E-state index < -0.39 is 12.1 Å². The molecule has 0 aliphatic carbocycles. The molecule has 1 N–H and O–H groups in total. The summed E-state index contributed by atoms with van der Waals surface area (Å²) in [6, 6.07) is 10.3. The van der Waals surface area contributed by atoms with E-state index in [0.717, 1.165) is 0 Å². The fraction of sp³-hybridized carbons (Fsp3) is 0.150. The molecule has 2 aromatic carbocycles. The second-order valence-electron chi connectivity index (χ2n) is 5.80. The first-order valence-electron chi connectivity index (χ1n) is 8.31. The first-order valence-corrected chi connectivity index (χ1v) is 8.31. The maximum absolute atomic E-state index is 13.0. The molecule has 0 unspecified atom stereocenters. The van der Waals surface area contributed by atoms with Crippen molar-refractivity contribution >= 4 is 12.0 Å². The van der Waals surface area contributed by atoms with Crippen molar-refractivity contribution in [2.24, 2.45) is 0 Å². The van der Waals surface area contributed by atoms with Gasteiger partial charge in [-0.3, -0.25) is 0 Å². The standard InChI is InChI=1S/C20H17FN2O5/c1-12(19-22-23-20(28-19)14-5-7-15(21)8-6-14)27-18(25)10-4-13-3-9-16(24)17(11-13)26-2/h3-12,24H,1-2H3/b10-4+/t12-/m0/s1. The number of aromatic hydroxyl groups is 1. The first kappa shape index (κ1) is 19.1. The third kappa shape index (κ3) is 4.53. The largest absolute Gasteiger partial charge is 0.504 e. The minimum Gasteiger partial charge on any atom is -0.504 e. The van der Waals surface area contributed by atoms with E-state index in [1.807, 2.05) is 0 Å². The Balaban J connectivity index is 1.63. The van der Waals surface area contributed by atoms with Gasteiger partial charge in [0.1, 0.15) is 5.82 Å². The molecule has 0 bridgehead atoms. The summed E-state index contributed by atoms with van der Waals surface area (Å²) in [7, 11) is 1.43. The topological polar surface area (TPSA) is 94.7 Å². The Morgan fingerprint density at radius 2 is 1.96 bits per heavy atom. The number of carbonyl (C=O) groups excluding carboxylic acids is 1. The number of nitrogens with zero attached hydrogens (tertiary/aromatic N) is 2. The third-order valence-electron chi connectivity index (χ3n) is 3.79. The number of hydrogen-bond acceptors (Lipinski definition) is 7. The molecule has 0 saturated heterocycles. The van der Waals surface area contributed by atoms with Crippen LogP contribution in [0.4, 0.5) is 4.39 Å². The lowest BCUT2D eigenvalue weighted by Crippen LogP contribution is -2.06. The Hall–Kier alpha value is -3.68. The Morgan fingerprint density at radius 1 is 1.21 bits per heavy atom. The maximum atomic E-state index is 13.0. The molecule has 1 atom stereocenters. The number of rotatable bonds is 6. The van der Waals surface area contributed by atoms with Crippen molar-refractivity contribution < 1.29 is 28.2 Å². The van der Waals surface area contributed by atoms with E-state index >= 15 is 0 Å². The average molecular weight is 384 g/mol. The molecule has 0 radical (unpaired) electrons. The molecule has 0 fully saturated rings. The summed E-state index contributed by atoms with van der Waals surface area (Å²) in [6.07, 6.45) is 1.99. The number of phenols is 1. The smallest absolute Gasteiger partial charge is 0.331 e. The van der Waals surface area contributed by atoms with E-state index in [4.69, 9.17) is 13.9 Å². The van der Waals surface area contributed by atoms with Crippen LogP contribution < -0.4 is 4.74 Å². The summed E-state index contributed by atoms with van der Waals surface area (Å²) in [5.74, 6) is -0.367. The van der Waals surface area contributed by atoms with Crippen molar-refractivity contribution in [3.63, 3.8) is 0 Å². The van der Waals surface area contributed by atoms with E-state index in [1.54, 1.807) is 19.1 Å². The second kappa shape index (κ2) is 8.34. The second-order valence-corrected chi connectivity index (χ2v) is 5.80. The van der Waals surface area contributed by atoms with Gasteiger partial charge < -0.3 is 19.0 Å². The minimum atomic E-state index is -0.770. The van der Waals surface area contributed by atoms with Gasteiger partial charge in [0, 0.05) is 11.6 Å². The summed E-state index contributed by atoms with van der Waals surface area (Å²) in [5.41, 5.74) is 1.20. The van der Waals surface area contributed by atoms with E-state index in [0.29, 0.717) is 16.9 Å². The number of benzene rings is 2. The van der Waals surface area contributed by atoms with Gasteiger partial charge in [0.2, 0.25) is 5.89 Å². The molecular weight excluding hydrogens is 367 g/mol. The molecule has 0 aliphatic heterocycles. The molecule has 0 saturated carbocycles. The summed E-state index contributed by atoms with van der Waals surface area (Å²) in [6.45, 7) is 1.59. The highest BCUT2D eigenvalue weighted by molar-refractivity contribution is 5.87. The number of methoxy groups -OCH3 is 1. The summed E-state index contributed by atoms with van der Waals surface area (Å²) in [5, 5.41) is 17.3. The van der Waals surface area contributed by atoms with Gasteiger partial charge in [-0.2, -0.15) is 0 Å². The molecule has 3 rings (SSSR count). The summed E-state index contributed by atoms with van der Waals surface area (Å²) in [4.78, 5) is 12.0. The molecule has 28 heavy (non-hydrogen) atoms. The van der Waals surface area contributed by atoms with Crippen molar-refractivity contribution in [2.75, 3.05) is 7.11 Å². The predicted molar refractivity (Wildman–Crippen MR) is 97.9 cm³/mol.